The van der Waals surface area contributed by atoms with E-state index in [1.807, 2.05) is 12.3 Å². The molecule has 2 aromatic heterocycles. The predicted molar refractivity (Wildman–Crippen MR) is 70.9 cm³/mol. The minimum absolute atomic E-state index is 0.239. The number of nitrogens with zero attached hydrogens (tertiary/aromatic N) is 3. The van der Waals surface area contributed by atoms with Gasteiger partial charge < -0.3 is 9.84 Å². The van der Waals surface area contributed by atoms with E-state index in [2.05, 4.69) is 34.3 Å². The van der Waals surface area contributed by atoms with Gasteiger partial charge in [0.25, 0.3) is 0 Å². The van der Waals surface area contributed by atoms with E-state index in [1.165, 1.54) is 0 Å². The van der Waals surface area contributed by atoms with Gasteiger partial charge >= 0.3 is 0 Å². The predicted octanol–water partition coefficient (Wildman–Crippen LogP) is 2.14. The van der Waals surface area contributed by atoms with Crippen molar-refractivity contribution in [3.8, 4) is 0 Å². The zero-order valence-electron chi connectivity index (χ0n) is 10.9. The second-order valence-corrected chi connectivity index (χ2v) is 5.35. The number of aryl methyl sites for hydroxylation is 1. The quantitative estimate of drug-likeness (QED) is 0.868. The minimum atomic E-state index is 0.239. The Bertz CT molecular complexity index is 494. The number of aromatic nitrogens is 3. The van der Waals surface area contributed by atoms with Crippen LogP contribution in [0.2, 0.25) is 0 Å². The first kappa shape index (κ1) is 13.2. The van der Waals surface area contributed by atoms with Crippen molar-refractivity contribution in [2.45, 2.75) is 33.1 Å². The molecular weight excluding hydrogens is 248 g/mol. The molecule has 2 aromatic rings. The highest BCUT2D eigenvalue weighted by molar-refractivity contribution is 7.09. The highest BCUT2D eigenvalue weighted by Crippen LogP contribution is 2.15. The van der Waals surface area contributed by atoms with Crippen LogP contribution in [0.4, 0.5) is 0 Å². The van der Waals surface area contributed by atoms with Gasteiger partial charge in [0.15, 0.2) is 5.82 Å². The normalized spacial score (nSPS) is 12.8. The van der Waals surface area contributed by atoms with E-state index in [0.29, 0.717) is 18.1 Å². The van der Waals surface area contributed by atoms with E-state index < -0.39 is 0 Å². The summed E-state index contributed by atoms with van der Waals surface area (Å²) >= 11 is 1.64. The van der Waals surface area contributed by atoms with Crippen LogP contribution in [0.5, 0.6) is 0 Å². The monoisotopic (exact) mass is 266 g/mol. The highest BCUT2D eigenvalue weighted by Gasteiger charge is 2.14. The van der Waals surface area contributed by atoms with E-state index in [1.54, 1.807) is 11.3 Å². The van der Waals surface area contributed by atoms with Crippen molar-refractivity contribution in [1.82, 2.24) is 20.4 Å². The Balaban J connectivity index is 1.97. The van der Waals surface area contributed by atoms with E-state index in [0.717, 1.165) is 23.8 Å². The highest BCUT2D eigenvalue weighted by atomic mass is 32.1. The van der Waals surface area contributed by atoms with Crippen molar-refractivity contribution < 1.29 is 4.52 Å². The van der Waals surface area contributed by atoms with E-state index in [9.17, 15) is 0 Å². The smallest absolute Gasteiger partial charge is 0.230 e. The van der Waals surface area contributed by atoms with Crippen molar-refractivity contribution >= 4 is 11.3 Å². The van der Waals surface area contributed by atoms with Crippen LogP contribution >= 0.6 is 11.3 Å². The molecule has 98 valence electrons. The van der Waals surface area contributed by atoms with Crippen molar-refractivity contribution in [2.75, 3.05) is 13.1 Å². The molecule has 0 amide bonds. The van der Waals surface area contributed by atoms with Gasteiger partial charge in [0.2, 0.25) is 5.89 Å². The second-order valence-electron chi connectivity index (χ2n) is 4.29. The molecule has 2 heterocycles. The van der Waals surface area contributed by atoms with Crippen molar-refractivity contribution in [2.24, 2.45) is 0 Å². The van der Waals surface area contributed by atoms with Gasteiger partial charge in [-0.2, -0.15) is 4.98 Å². The summed E-state index contributed by atoms with van der Waals surface area (Å²) in [4.78, 5) is 8.81. The molecule has 1 atom stereocenters. The van der Waals surface area contributed by atoms with E-state index in [4.69, 9.17) is 4.52 Å². The summed E-state index contributed by atoms with van der Waals surface area (Å²) in [6, 6.07) is 0. The molecule has 0 bridgehead atoms. The van der Waals surface area contributed by atoms with E-state index >= 15 is 0 Å². The first-order valence-corrected chi connectivity index (χ1v) is 7.01. The van der Waals surface area contributed by atoms with Gasteiger partial charge in [-0.15, -0.1) is 11.3 Å². The Morgan fingerprint density at radius 1 is 1.44 bits per heavy atom. The number of hydrogen-bond donors (Lipinski definition) is 1. The standard InChI is InChI=1S/C12H18N4OS/c1-4-13-6-8(2)12-15-11(16-17-12)5-10-7-18-9(3)14-10/h7-8,13H,4-6H2,1-3H3. The fourth-order valence-electron chi connectivity index (χ4n) is 1.64. The van der Waals surface area contributed by atoms with Gasteiger partial charge in [0.1, 0.15) is 0 Å². The van der Waals surface area contributed by atoms with Crippen LogP contribution in [0.3, 0.4) is 0 Å². The lowest BCUT2D eigenvalue weighted by Crippen LogP contribution is -2.19. The lowest BCUT2D eigenvalue weighted by Gasteiger charge is -2.05. The summed E-state index contributed by atoms with van der Waals surface area (Å²) in [5.74, 6) is 1.64. The molecule has 0 saturated heterocycles. The van der Waals surface area contributed by atoms with Crippen LogP contribution in [-0.2, 0) is 6.42 Å². The zero-order valence-corrected chi connectivity index (χ0v) is 11.8. The van der Waals surface area contributed by atoms with Gasteiger partial charge in [-0.1, -0.05) is 19.0 Å². The number of hydrogen-bond acceptors (Lipinski definition) is 6. The first-order chi connectivity index (χ1) is 8.69. The minimum Gasteiger partial charge on any atom is -0.339 e. The third-order valence-corrected chi connectivity index (χ3v) is 3.43. The summed E-state index contributed by atoms with van der Waals surface area (Å²) in [5, 5.41) is 10.4. The summed E-state index contributed by atoms with van der Waals surface area (Å²) in [5.41, 5.74) is 1.00. The molecule has 0 saturated carbocycles. The molecule has 0 aromatic carbocycles. The van der Waals surface area contributed by atoms with Gasteiger partial charge in [-0.3, -0.25) is 0 Å². The Morgan fingerprint density at radius 3 is 2.94 bits per heavy atom. The number of likely N-dealkylation sites (N-methyl/N-ethyl adjacent to an activating group) is 1. The largest absolute Gasteiger partial charge is 0.339 e. The van der Waals surface area contributed by atoms with Crippen molar-refractivity contribution in [3.05, 3.63) is 27.8 Å². The first-order valence-electron chi connectivity index (χ1n) is 6.13. The van der Waals surface area contributed by atoms with Gasteiger partial charge in [-0.25, -0.2) is 4.98 Å². The third-order valence-electron chi connectivity index (χ3n) is 2.61. The van der Waals surface area contributed by atoms with Crippen molar-refractivity contribution in [1.29, 1.82) is 0 Å². The summed E-state index contributed by atoms with van der Waals surface area (Å²) in [6.45, 7) is 7.95. The molecule has 5 nitrogen and oxygen atoms in total. The Hall–Kier alpha value is -1.27. The van der Waals surface area contributed by atoms with Gasteiger partial charge in [0.05, 0.1) is 17.1 Å². The molecule has 0 aliphatic carbocycles. The average molecular weight is 266 g/mol. The summed E-state index contributed by atoms with van der Waals surface area (Å²) < 4.78 is 5.28. The van der Waals surface area contributed by atoms with E-state index in [-0.39, 0.29) is 5.92 Å². The number of rotatable bonds is 6. The van der Waals surface area contributed by atoms with Crippen LogP contribution in [0, 0.1) is 6.92 Å². The lowest BCUT2D eigenvalue weighted by atomic mass is 10.2. The molecule has 6 heteroatoms. The molecule has 1 unspecified atom stereocenters. The fraction of sp³-hybridized carbons (Fsp3) is 0.583. The van der Waals surface area contributed by atoms with Crippen LogP contribution < -0.4 is 5.32 Å². The molecule has 2 rings (SSSR count). The third kappa shape index (κ3) is 3.36. The van der Waals surface area contributed by atoms with Crippen LogP contribution in [0.1, 0.15) is 42.2 Å². The SMILES string of the molecule is CCNCC(C)c1nc(Cc2csc(C)n2)no1. The van der Waals surface area contributed by atoms with Gasteiger partial charge in [-0.05, 0) is 13.5 Å². The summed E-state index contributed by atoms with van der Waals surface area (Å²) in [6.07, 6.45) is 0.641. The molecule has 0 aliphatic rings. The molecule has 0 spiro atoms. The molecule has 18 heavy (non-hydrogen) atoms. The van der Waals surface area contributed by atoms with Crippen LogP contribution in [0.25, 0.3) is 0 Å². The molecular formula is C12H18N4OS. The molecule has 0 fully saturated rings. The topological polar surface area (TPSA) is 63.8 Å². The average Bonchev–Trinajstić information content (AvgIpc) is 2.96. The Kier molecular flexibility index (Phi) is 4.43. The number of nitrogens with one attached hydrogen (secondary N) is 1. The Labute approximate surface area is 111 Å². The van der Waals surface area contributed by atoms with Crippen LogP contribution in [0.15, 0.2) is 9.90 Å². The van der Waals surface area contributed by atoms with Crippen LogP contribution in [-0.4, -0.2) is 28.2 Å². The Morgan fingerprint density at radius 2 is 2.28 bits per heavy atom. The zero-order chi connectivity index (χ0) is 13.0. The summed E-state index contributed by atoms with van der Waals surface area (Å²) in [7, 11) is 0. The maximum Gasteiger partial charge on any atom is 0.230 e. The molecule has 0 radical (unpaired) electrons. The second kappa shape index (κ2) is 6.06. The lowest BCUT2D eigenvalue weighted by molar-refractivity contribution is 0.351. The van der Waals surface area contributed by atoms with Crippen molar-refractivity contribution in [3.63, 3.8) is 0 Å². The maximum atomic E-state index is 5.28. The maximum absolute atomic E-state index is 5.28. The molecule has 1 N–H and O–H groups in total. The van der Waals surface area contributed by atoms with Gasteiger partial charge in [0, 0.05) is 17.8 Å². The fourth-order valence-corrected chi connectivity index (χ4v) is 2.25. The number of thiazole rings is 1. The molecule has 0 aliphatic heterocycles.